The van der Waals surface area contributed by atoms with Crippen LogP contribution in [0.5, 0.6) is 0 Å². The number of rotatable bonds is 10. The monoisotopic (exact) mass is 470 g/mol. The molecule has 0 unspecified atom stereocenters. The van der Waals surface area contributed by atoms with E-state index in [9.17, 15) is 9.90 Å². The van der Waals surface area contributed by atoms with Gasteiger partial charge < -0.3 is 10.0 Å². The fourth-order valence-electron chi connectivity index (χ4n) is 3.23. The van der Waals surface area contributed by atoms with E-state index in [1.807, 2.05) is 32.0 Å². The van der Waals surface area contributed by atoms with Gasteiger partial charge in [-0.3, -0.25) is 4.79 Å². The Morgan fingerprint density at radius 2 is 1.75 bits per heavy atom. The van der Waals surface area contributed by atoms with E-state index in [0.29, 0.717) is 19.0 Å². The van der Waals surface area contributed by atoms with Crippen LogP contribution < -0.4 is 4.90 Å². The number of thiazole rings is 1. The lowest BCUT2D eigenvalue weighted by Crippen LogP contribution is -2.25. The topological polar surface area (TPSA) is 53.4 Å². The number of anilines is 1. The minimum Gasteiger partial charge on any atom is -0.481 e. The van der Waals surface area contributed by atoms with Gasteiger partial charge in [0.1, 0.15) is 0 Å². The highest BCUT2D eigenvalue weighted by molar-refractivity contribution is 7.98. The molecule has 0 fully saturated rings. The summed E-state index contributed by atoms with van der Waals surface area (Å²) in [6.07, 6.45) is 3.11. The first-order valence-corrected chi connectivity index (χ1v) is 13.1. The Morgan fingerprint density at radius 1 is 1.09 bits per heavy atom. The van der Waals surface area contributed by atoms with Crippen LogP contribution in [0.4, 0.5) is 5.13 Å². The predicted octanol–water partition coefficient (Wildman–Crippen LogP) is 7.24. The molecule has 3 rings (SSSR count). The van der Waals surface area contributed by atoms with Crippen LogP contribution in [0.3, 0.4) is 0 Å². The Labute approximate surface area is 200 Å². The molecule has 1 N–H and O–H groups in total. The van der Waals surface area contributed by atoms with Crippen LogP contribution in [-0.4, -0.2) is 28.9 Å². The Hall–Kier alpha value is -2.31. The van der Waals surface area contributed by atoms with E-state index < -0.39 is 5.97 Å². The van der Waals surface area contributed by atoms with Crippen LogP contribution in [0.25, 0.3) is 11.3 Å². The highest BCUT2D eigenvalue weighted by atomic mass is 32.2. The van der Waals surface area contributed by atoms with E-state index >= 15 is 0 Å². The van der Waals surface area contributed by atoms with Crippen LogP contribution in [0.2, 0.25) is 0 Å². The largest absolute Gasteiger partial charge is 0.481 e. The summed E-state index contributed by atoms with van der Waals surface area (Å²) in [7, 11) is 0. The van der Waals surface area contributed by atoms with E-state index in [-0.39, 0.29) is 6.42 Å². The first-order valence-electron chi connectivity index (χ1n) is 11.1. The Kier molecular flexibility index (Phi) is 10.8. The van der Waals surface area contributed by atoms with Crippen molar-refractivity contribution >= 4 is 34.2 Å². The maximum atomic E-state index is 11.2. The normalized spacial score (nSPS) is 10.6. The summed E-state index contributed by atoms with van der Waals surface area (Å²) in [6, 6.07) is 18.7. The van der Waals surface area contributed by atoms with E-state index in [4.69, 9.17) is 4.98 Å². The van der Waals surface area contributed by atoms with Gasteiger partial charge in [0.05, 0.1) is 12.1 Å². The number of aliphatic carboxylic acids is 1. The molecule has 3 aromatic rings. The van der Waals surface area contributed by atoms with Crippen molar-refractivity contribution in [2.45, 2.75) is 52.0 Å². The second-order valence-corrected chi connectivity index (χ2v) is 9.59. The third kappa shape index (κ3) is 7.68. The smallest absolute Gasteiger partial charge is 0.305 e. The quantitative estimate of drug-likeness (QED) is 0.317. The summed E-state index contributed by atoms with van der Waals surface area (Å²) in [5.41, 5.74) is 3.28. The lowest BCUT2D eigenvalue weighted by molar-refractivity contribution is -0.136. The lowest BCUT2D eigenvalue weighted by Gasteiger charge is -2.21. The third-order valence-electron chi connectivity index (χ3n) is 4.73. The number of hydrogen-bond donors (Lipinski definition) is 1. The van der Waals surface area contributed by atoms with Crippen molar-refractivity contribution in [3.05, 3.63) is 65.0 Å². The van der Waals surface area contributed by atoms with Gasteiger partial charge in [-0.05, 0) is 36.3 Å². The molecule has 2 aromatic carbocycles. The van der Waals surface area contributed by atoms with E-state index in [0.717, 1.165) is 28.4 Å². The number of aromatic nitrogens is 1. The summed E-state index contributed by atoms with van der Waals surface area (Å²) in [4.78, 5) is 20.8. The third-order valence-corrected chi connectivity index (χ3v) is 6.61. The summed E-state index contributed by atoms with van der Waals surface area (Å²) in [5, 5.41) is 10.1. The molecule has 172 valence electrons. The van der Waals surface area contributed by atoms with Crippen LogP contribution in [0.1, 0.15) is 44.6 Å². The maximum absolute atomic E-state index is 11.2. The van der Waals surface area contributed by atoms with Crippen molar-refractivity contribution in [2.75, 3.05) is 17.7 Å². The molecule has 1 aromatic heterocycles. The van der Waals surface area contributed by atoms with Gasteiger partial charge in [0.15, 0.2) is 5.13 Å². The molecule has 0 saturated carbocycles. The molecule has 0 aliphatic carbocycles. The van der Waals surface area contributed by atoms with Gasteiger partial charge in [0, 0.05) is 28.4 Å². The average Bonchev–Trinajstić information content (AvgIpc) is 3.21. The summed E-state index contributed by atoms with van der Waals surface area (Å²) in [5.74, 6) is -0.274. The molecule has 0 bridgehead atoms. The molecule has 0 spiro atoms. The van der Waals surface area contributed by atoms with Crippen LogP contribution in [0.15, 0.2) is 59.5 Å². The minimum atomic E-state index is -0.792. The highest BCUT2D eigenvalue weighted by Crippen LogP contribution is 2.36. The number of carboxylic acid groups (broad SMARTS) is 1. The zero-order valence-electron chi connectivity index (χ0n) is 19.7. The summed E-state index contributed by atoms with van der Waals surface area (Å²) in [6.45, 7) is 9.51. The number of hydrogen-bond acceptors (Lipinski definition) is 5. The summed E-state index contributed by atoms with van der Waals surface area (Å²) < 4.78 is 0. The Morgan fingerprint density at radius 3 is 2.31 bits per heavy atom. The molecule has 0 saturated heterocycles. The molecular formula is C26H34N2O2S2. The van der Waals surface area contributed by atoms with E-state index in [1.54, 1.807) is 23.1 Å². The summed E-state index contributed by atoms with van der Waals surface area (Å²) >= 11 is 3.41. The fraction of sp³-hybridized carbons (Fsp3) is 0.385. The van der Waals surface area contributed by atoms with Crippen LogP contribution >= 0.6 is 23.1 Å². The van der Waals surface area contributed by atoms with Gasteiger partial charge in [-0.15, -0.1) is 23.1 Å². The molecule has 0 radical (unpaired) electrons. The lowest BCUT2D eigenvalue weighted by atomic mass is 10.1. The number of carbonyl (C=O) groups is 1. The van der Waals surface area contributed by atoms with Gasteiger partial charge in [0.2, 0.25) is 0 Å². The first kappa shape index (κ1) is 25.9. The van der Waals surface area contributed by atoms with E-state index in [1.165, 1.54) is 9.77 Å². The molecule has 0 amide bonds. The Balaban J connectivity index is 0.00000176. The van der Waals surface area contributed by atoms with Gasteiger partial charge in [-0.1, -0.05) is 70.2 Å². The highest BCUT2D eigenvalue weighted by Gasteiger charge is 2.19. The second kappa shape index (κ2) is 13.3. The van der Waals surface area contributed by atoms with Crippen molar-refractivity contribution in [1.29, 1.82) is 0 Å². The zero-order chi connectivity index (χ0) is 23.5. The van der Waals surface area contributed by atoms with Crippen molar-refractivity contribution in [1.82, 2.24) is 4.98 Å². The van der Waals surface area contributed by atoms with E-state index in [2.05, 4.69) is 61.4 Å². The van der Waals surface area contributed by atoms with Crippen molar-refractivity contribution in [3.63, 3.8) is 0 Å². The molecule has 6 heteroatoms. The average molecular weight is 471 g/mol. The minimum absolute atomic E-state index is 0.0870. The number of nitrogens with zero attached hydrogens (tertiary/aromatic N) is 2. The van der Waals surface area contributed by atoms with Gasteiger partial charge in [-0.2, -0.15) is 0 Å². The standard InChI is InChI=1S/C24H28N2O2S2.C2H6/c1-17(2)15-21-23(19-9-11-20(29-3)12-10-19)25-24(30-21)26(14-13-22(27)28)16-18-7-5-4-6-8-18;1-2/h4-12,17H,13-16H2,1-3H3,(H,27,28);1-2H3. The second-order valence-electron chi connectivity index (χ2n) is 7.65. The van der Waals surface area contributed by atoms with Crippen LogP contribution in [-0.2, 0) is 17.8 Å². The first-order chi connectivity index (χ1) is 15.5. The fourth-order valence-corrected chi connectivity index (χ4v) is 4.96. The number of carboxylic acids is 1. The predicted molar refractivity (Wildman–Crippen MR) is 139 cm³/mol. The molecule has 0 aliphatic rings. The van der Waals surface area contributed by atoms with Crippen LogP contribution in [0, 0.1) is 5.92 Å². The molecule has 1 heterocycles. The van der Waals surface area contributed by atoms with Gasteiger partial charge >= 0.3 is 5.97 Å². The van der Waals surface area contributed by atoms with Crippen molar-refractivity contribution < 1.29 is 9.90 Å². The molecule has 32 heavy (non-hydrogen) atoms. The molecule has 0 aliphatic heterocycles. The molecule has 0 atom stereocenters. The van der Waals surface area contributed by atoms with Crippen molar-refractivity contribution in [3.8, 4) is 11.3 Å². The molecule has 4 nitrogen and oxygen atoms in total. The molecular weight excluding hydrogens is 436 g/mol. The van der Waals surface area contributed by atoms with Gasteiger partial charge in [-0.25, -0.2) is 4.98 Å². The number of benzene rings is 2. The maximum Gasteiger partial charge on any atom is 0.305 e. The van der Waals surface area contributed by atoms with Crippen molar-refractivity contribution in [2.24, 2.45) is 5.92 Å². The Bertz CT molecular complexity index is 954. The SMILES string of the molecule is CC.CSc1ccc(-c2nc(N(CCC(=O)O)Cc3ccccc3)sc2CC(C)C)cc1. The zero-order valence-corrected chi connectivity index (χ0v) is 21.3. The number of thioether (sulfide) groups is 1. The van der Waals surface area contributed by atoms with Gasteiger partial charge in [0.25, 0.3) is 0 Å².